The first-order chi connectivity index (χ1) is 11.9. The fourth-order valence-corrected chi connectivity index (χ4v) is 3.35. The Kier molecular flexibility index (Phi) is 5.89. The zero-order valence-corrected chi connectivity index (χ0v) is 16.2. The normalized spacial score (nSPS) is 15.5. The highest BCUT2D eigenvalue weighted by molar-refractivity contribution is 7.90. The summed E-state index contributed by atoms with van der Waals surface area (Å²) in [5.41, 5.74) is -0.591. The van der Waals surface area contributed by atoms with Crippen molar-refractivity contribution >= 4 is 17.1 Å². The van der Waals surface area contributed by atoms with Crippen LogP contribution in [0.25, 0.3) is 0 Å². The molecule has 1 heterocycles. The van der Waals surface area contributed by atoms with Crippen molar-refractivity contribution in [1.82, 2.24) is 9.88 Å². The van der Waals surface area contributed by atoms with Gasteiger partial charge in [0.05, 0.1) is 16.8 Å². The van der Waals surface area contributed by atoms with Crippen LogP contribution in [-0.4, -0.2) is 20.2 Å². The molecule has 0 aliphatic rings. The third-order valence-corrected chi connectivity index (χ3v) is 5.71. The Morgan fingerprint density at radius 3 is 2.46 bits per heavy atom. The molecule has 2 unspecified atom stereocenters. The van der Waals surface area contributed by atoms with Crippen LogP contribution < -0.4 is 4.72 Å². The van der Waals surface area contributed by atoms with E-state index in [1.165, 1.54) is 12.3 Å². The number of hydrogen-bond acceptors (Lipinski definition) is 5. The number of ketones is 1. The average Bonchev–Trinajstić information content (AvgIpc) is 2.92. The lowest BCUT2D eigenvalue weighted by Gasteiger charge is -2.35. The molecule has 0 fully saturated rings. The minimum atomic E-state index is -1.59. The van der Waals surface area contributed by atoms with Gasteiger partial charge in [-0.3, -0.25) is 4.79 Å². The molecule has 0 spiro atoms. The van der Waals surface area contributed by atoms with Crippen LogP contribution in [0.4, 0.5) is 8.78 Å². The van der Waals surface area contributed by atoms with E-state index in [0.717, 1.165) is 12.1 Å². The summed E-state index contributed by atoms with van der Waals surface area (Å²) < 4.78 is 47.4. The van der Waals surface area contributed by atoms with E-state index >= 15 is 0 Å². The largest absolute Gasteiger partial charge is 0.598 e. The molecule has 0 aliphatic carbocycles. The number of benzene rings is 1. The minimum absolute atomic E-state index is 0.0546. The van der Waals surface area contributed by atoms with E-state index in [-0.39, 0.29) is 23.3 Å². The Hall–Kier alpha value is -1.77. The third kappa shape index (κ3) is 4.49. The van der Waals surface area contributed by atoms with Gasteiger partial charge < -0.3 is 9.08 Å². The van der Waals surface area contributed by atoms with E-state index in [4.69, 9.17) is 4.52 Å². The number of nitrogens with zero attached hydrogens (tertiary/aromatic N) is 1. The van der Waals surface area contributed by atoms with Gasteiger partial charge in [0, 0.05) is 29.4 Å². The molecule has 142 valence electrons. The van der Waals surface area contributed by atoms with Crippen molar-refractivity contribution in [2.24, 2.45) is 0 Å². The van der Waals surface area contributed by atoms with E-state index in [0.29, 0.717) is 5.69 Å². The number of halogens is 2. The summed E-state index contributed by atoms with van der Waals surface area (Å²) in [6.07, 6.45) is 1.01. The number of hydrogen-bond donors (Lipinski definition) is 1. The van der Waals surface area contributed by atoms with Gasteiger partial charge in [0.25, 0.3) is 0 Å². The number of Topliss-reactive ketones (excluding diaryl/α,β-unsaturated/α-hetero) is 1. The zero-order valence-electron chi connectivity index (χ0n) is 15.4. The van der Waals surface area contributed by atoms with Gasteiger partial charge in [-0.15, -0.1) is 4.72 Å². The molecular formula is C18H22F2N2O3S. The van der Waals surface area contributed by atoms with Crippen molar-refractivity contribution in [3.63, 3.8) is 0 Å². The van der Waals surface area contributed by atoms with Gasteiger partial charge in [-0.1, -0.05) is 11.2 Å². The predicted octanol–water partition coefficient (Wildman–Crippen LogP) is 3.80. The second kappa shape index (κ2) is 7.46. The molecule has 1 N–H and O–H groups in total. The number of rotatable bonds is 6. The number of carbonyl (C=O) groups is 1. The maximum atomic E-state index is 14.4. The Morgan fingerprint density at radius 1 is 1.31 bits per heavy atom. The van der Waals surface area contributed by atoms with Gasteiger partial charge in [-0.05, 0) is 40.7 Å². The van der Waals surface area contributed by atoms with Crippen LogP contribution in [0.15, 0.2) is 29.0 Å². The smallest absolute Gasteiger partial charge is 0.170 e. The highest BCUT2D eigenvalue weighted by Gasteiger charge is 2.41. The topological polar surface area (TPSA) is 78.2 Å². The van der Waals surface area contributed by atoms with E-state index in [2.05, 4.69) is 9.88 Å². The van der Waals surface area contributed by atoms with Gasteiger partial charge in [-0.2, -0.15) is 0 Å². The lowest BCUT2D eigenvalue weighted by atomic mass is 9.86. The van der Waals surface area contributed by atoms with Gasteiger partial charge in [0.15, 0.2) is 5.78 Å². The first-order valence-corrected chi connectivity index (χ1v) is 9.18. The lowest BCUT2D eigenvalue weighted by molar-refractivity contribution is 0.0948. The fourth-order valence-electron chi connectivity index (χ4n) is 2.46. The van der Waals surface area contributed by atoms with Crippen molar-refractivity contribution in [2.45, 2.75) is 51.3 Å². The maximum Gasteiger partial charge on any atom is 0.170 e. The highest BCUT2D eigenvalue weighted by atomic mass is 32.2. The van der Waals surface area contributed by atoms with Gasteiger partial charge in [-0.25, -0.2) is 8.78 Å². The van der Waals surface area contributed by atoms with Crippen molar-refractivity contribution < 1.29 is 22.7 Å². The molecule has 0 radical (unpaired) electrons. The Labute approximate surface area is 154 Å². The predicted molar refractivity (Wildman–Crippen MR) is 94.9 cm³/mol. The Bertz CT molecular complexity index is 804. The summed E-state index contributed by atoms with van der Waals surface area (Å²) in [5, 5.41) is 3.67. The molecule has 26 heavy (non-hydrogen) atoms. The van der Waals surface area contributed by atoms with E-state index in [9.17, 15) is 18.1 Å². The molecule has 0 bridgehead atoms. The van der Waals surface area contributed by atoms with Gasteiger partial charge in [0.1, 0.15) is 22.6 Å². The van der Waals surface area contributed by atoms with Crippen LogP contribution in [0.5, 0.6) is 0 Å². The van der Waals surface area contributed by atoms with Crippen LogP contribution in [0.2, 0.25) is 0 Å². The van der Waals surface area contributed by atoms with Crippen molar-refractivity contribution in [2.75, 3.05) is 0 Å². The molecule has 1 aromatic heterocycles. The van der Waals surface area contributed by atoms with Crippen LogP contribution >= 0.6 is 0 Å². The van der Waals surface area contributed by atoms with Crippen LogP contribution in [0, 0.1) is 18.6 Å². The molecule has 2 rings (SSSR count). The summed E-state index contributed by atoms with van der Waals surface area (Å²) in [6.45, 7) is 8.44. The minimum Gasteiger partial charge on any atom is -0.598 e. The molecule has 0 amide bonds. The second-order valence-electron chi connectivity index (χ2n) is 7.35. The monoisotopic (exact) mass is 384 g/mol. The van der Waals surface area contributed by atoms with E-state index in [1.807, 2.05) is 0 Å². The maximum absolute atomic E-state index is 14.4. The number of aryl methyl sites for hydroxylation is 1. The molecule has 0 aliphatic heterocycles. The molecule has 2 atom stereocenters. The number of nitrogens with one attached hydrogen (secondary N) is 1. The summed E-state index contributed by atoms with van der Waals surface area (Å²) in [5.74, 6) is -1.90. The summed E-state index contributed by atoms with van der Waals surface area (Å²) in [4.78, 5) is 12.7. The summed E-state index contributed by atoms with van der Waals surface area (Å²) in [7, 11) is 0. The van der Waals surface area contributed by atoms with E-state index in [1.54, 1.807) is 34.6 Å². The van der Waals surface area contributed by atoms with Gasteiger partial charge in [0.2, 0.25) is 0 Å². The second-order valence-corrected chi connectivity index (χ2v) is 9.32. The molecule has 0 saturated heterocycles. The van der Waals surface area contributed by atoms with Crippen LogP contribution in [-0.2, 0) is 16.9 Å². The van der Waals surface area contributed by atoms with Crippen molar-refractivity contribution in [3.05, 3.63) is 52.9 Å². The highest BCUT2D eigenvalue weighted by Crippen LogP contribution is 2.32. The summed E-state index contributed by atoms with van der Waals surface area (Å²) in [6, 6.07) is 3.10. The lowest BCUT2D eigenvalue weighted by Crippen LogP contribution is -2.51. The van der Waals surface area contributed by atoms with Crippen LogP contribution in [0.3, 0.4) is 0 Å². The molecule has 8 heteroatoms. The van der Waals surface area contributed by atoms with Crippen molar-refractivity contribution in [3.8, 4) is 0 Å². The molecule has 1 aromatic carbocycles. The van der Waals surface area contributed by atoms with E-state index < -0.39 is 33.3 Å². The first kappa shape index (κ1) is 20.5. The molecular weight excluding hydrogens is 362 g/mol. The quantitative estimate of drug-likeness (QED) is 0.605. The SMILES string of the molecule is Cc1nocc1C(=O)CC(C)(N[S+]([O-])C(C)(C)C)c1ccc(F)cc1F. The molecule has 5 nitrogen and oxygen atoms in total. The first-order valence-electron chi connectivity index (χ1n) is 8.03. The zero-order chi connectivity index (χ0) is 19.7. The third-order valence-electron chi connectivity index (χ3n) is 3.96. The standard InChI is InChI=1S/C18H22F2N2O3S/c1-11-13(10-25-21-11)16(23)9-18(5,22-26(24)17(2,3)4)14-7-6-12(19)8-15(14)20/h6-8,10,22H,9H2,1-5H3. The van der Waals surface area contributed by atoms with Gasteiger partial charge >= 0.3 is 0 Å². The molecule has 0 saturated carbocycles. The molecule has 2 aromatic rings. The number of carbonyl (C=O) groups excluding carboxylic acids is 1. The Balaban J connectivity index is 2.44. The van der Waals surface area contributed by atoms with Crippen LogP contribution in [0.1, 0.15) is 55.7 Å². The fraction of sp³-hybridized carbons (Fsp3) is 0.444. The van der Waals surface area contributed by atoms with Crippen molar-refractivity contribution in [1.29, 1.82) is 0 Å². The average molecular weight is 384 g/mol. The summed E-state index contributed by atoms with van der Waals surface area (Å²) >= 11 is -1.59. The number of aromatic nitrogens is 1. The Morgan fingerprint density at radius 2 is 1.96 bits per heavy atom.